The van der Waals surface area contributed by atoms with Gasteiger partial charge in [-0.25, -0.2) is 14.1 Å². The van der Waals surface area contributed by atoms with Crippen LogP contribution in [0.1, 0.15) is 36.8 Å². The molecule has 3 rings (SSSR count). The van der Waals surface area contributed by atoms with Crippen LogP contribution in [-0.2, 0) is 31.2 Å². The van der Waals surface area contributed by atoms with Crippen LogP contribution in [0, 0.1) is 5.82 Å². The molecule has 1 atom stereocenters. The minimum Gasteiger partial charge on any atom is -0.447 e. The van der Waals surface area contributed by atoms with Gasteiger partial charge in [-0.2, -0.15) is 0 Å². The van der Waals surface area contributed by atoms with E-state index < -0.39 is 17.7 Å². The summed E-state index contributed by atoms with van der Waals surface area (Å²) < 4.78 is 30.8. The fourth-order valence-electron chi connectivity index (χ4n) is 4.00. The molecule has 0 bridgehead atoms. The Bertz CT molecular complexity index is 915. The van der Waals surface area contributed by atoms with Crippen LogP contribution in [0.5, 0.6) is 0 Å². The maximum Gasteiger partial charge on any atom is 0.416 e. The molecule has 0 radical (unpaired) electrons. The Labute approximate surface area is 195 Å². The van der Waals surface area contributed by atoms with Gasteiger partial charge in [-0.15, -0.1) is 0 Å². The number of amides is 2. The number of carbonyl (C=O) groups excluding carboxylic acids is 2. The lowest BCUT2D eigenvalue weighted by Crippen LogP contribution is -2.40. The zero-order chi connectivity index (χ0) is 23.1. The van der Waals surface area contributed by atoms with Gasteiger partial charge in [0.15, 0.2) is 5.79 Å². The summed E-state index contributed by atoms with van der Waals surface area (Å²) in [5.74, 6) is -1.79. The molecule has 1 aliphatic heterocycles. The number of nitrogens with zero attached hydrogens (tertiary/aromatic N) is 1. The Morgan fingerprint density at radius 1 is 1.19 bits per heavy atom. The van der Waals surface area contributed by atoms with Gasteiger partial charge in [0, 0.05) is 37.1 Å². The number of imide groups is 1. The topological polar surface area (TPSA) is 65.1 Å². The number of benzene rings is 2. The number of hydrogen-bond acceptors (Lipinski definition) is 5. The molecule has 0 unspecified atom stereocenters. The molecule has 0 saturated carbocycles. The van der Waals surface area contributed by atoms with E-state index in [4.69, 9.17) is 14.2 Å². The number of cyclic esters (lactones) is 1. The molecule has 6 nitrogen and oxygen atoms in total. The zero-order valence-electron chi connectivity index (χ0n) is 18.2. The Hall–Kier alpha value is -2.29. The van der Waals surface area contributed by atoms with Crippen molar-refractivity contribution >= 4 is 27.9 Å². The minimum absolute atomic E-state index is 0.191. The molecule has 1 heterocycles. The van der Waals surface area contributed by atoms with Crippen LogP contribution in [0.25, 0.3) is 0 Å². The number of unbranched alkanes of at least 4 members (excludes halogenated alkanes) is 1. The normalized spacial score (nSPS) is 16.3. The maximum absolute atomic E-state index is 13.9. The van der Waals surface area contributed by atoms with Gasteiger partial charge >= 0.3 is 6.09 Å². The smallest absolute Gasteiger partial charge is 0.416 e. The van der Waals surface area contributed by atoms with E-state index in [1.165, 1.54) is 31.3 Å². The molecule has 2 aromatic carbocycles. The van der Waals surface area contributed by atoms with Crippen molar-refractivity contribution in [3.8, 4) is 0 Å². The number of ether oxygens (including phenoxy) is 3. The van der Waals surface area contributed by atoms with Crippen molar-refractivity contribution in [3.05, 3.63) is 69.9 Å². The SMILES string of the molecule is COC(CCCCC(=O)N1C(=O)OC[C@H]1Cc1ccccc1)(OC)c1cc(F)cc(Br)c1. The minimum atomic E-state index is -1.13. The highest BCUT2D eigenvalue weighted by atomic mass is 79.9. The van der Waals surface area contributed by atoms with Gasteiger partial charge in [0.2, 0.25) is 5.91 Å². The summed E-state index contributed by atoms with van der Waals surface area (Å²) in [6, 6.07) is 13.9. The van der Waals surface area contributed by atoms with Gasteiger partial charge in [0.1, 0.15) is 12.4 Å². The van der Waals surface area contributed by atoms with Crippen LogP contribution >= 0.6 is 15.9 Å². The lowest BCUT2D eigenvalue weighted by atomic mass is 9.98. The lowest BCUT2D eigenvalue weighted by molar-refractivity contribution is -0.221. The van der Waals surface area contributed by atoms with E-state index in [-0.39, 0.29) is 25.0 Å². The van der Waals surface area contributed by atoms with E-state index >= 15 is 0 Å². The fraction of sp³-hybridized carbons (Fsp3) is 0.417. The average molecular weight is 508 g/mol. The van der Waals surface area contributed by atoms with Crippen molar-refractivity contribution in [2.24, 2.45) is 0 Å². The predicted octanol–water partition coefficient (Wildman–Crippen LogP) is 5.18. The number of rotatable bonds is 10. The van der Waals surface area contributed by atoms with E-state index in [2.05, 4.69) is 15.9 Å². The highest BCUT2D eigenvalue weighted by Gasteiger charge is 2.38. The first-order valence-electron chi connectivity index (χ1n) is 10.5. The number of hydrogen-bond donors (Lipinski definition) is 0. The molecular weight excluding hydrogens is 481 g/mol. The molecule has 2 aromatic rings. The average Bonchev–Trinajstić information content (AvgIpc) is 3.14. The maximum atomic E-state index is 13.9. The number of carbonyl (C=O) groups is 2. The van der Waals surface area contributed by atoms with Gasteiger partial charge in [0.25, 0.3) is 0 Å². The van der Waals surface area contributed by atoms with Gasteiger partial charge in [-0.05, 0) is 43.0 Å². The highest BCUT2D eigenvalue weighted by Crippen LogP contribution is 2.34. The first-order chi connectivity index (χ1) is 15.4. The largest absolute Gasteiger partial charge is 0.447 e. The van der Waals surface area contributed by atoms with Crippen molar-refractivity contribution in [2.45, 2.75) is 43.9 Å². The molecular formula is C24H27BrFNO5. The zero-order valence-corrected chi connectivity index (χ0v) is 19.8. The summed E-state index contributed by atoms with van der Waals surface area (Å²) in [5, 5.41) is 0. The third-order valence-corrected chi connectivity index (χ3v) is 6.11. The molecule has 1 fully saturated rings. The quantitative estimate of drug-likeness (QED) is 0.327. The van der Waals surface area contributed by atoms with E-state index in [0.717, 1.165) is 5.56 Å². The van der Waals surface area contributed by atoms with Crippen LogP contribution in [0.3, 0.4) is 0 Å². The van der Waals surface area contributed by atoms with Crippen molar-refractivity contribution < 1.29 is 28.2 Å². The van der Waals surface area contributed by atoms with E-state index in [1.807, 2.05) is 30.3 Å². The van der Waals surface area contributed by atoms with Crippen LogP contribution in [0.15, 0.2) is 53.0 Å². The van der Waals surface area contributed by atoms with E-state index in [0.29, 0.717) is 35.7 Å². The Morgan fingerprint density at radius 2 is 1.91 bits per heavy atom. The van der Waals surface area contributed by atoms with Crippen LogP contribution < -0.4 is 0 Å². The lowest BCUT2D eigenvalue weighted by Gasteiger charge is -2.31. The summed E-state index contributed by atoms with van der Waals surface area (Å²) in [5.41, 5.74) is 1.59. The monoisotopic (exact) mass is 507 g/mol. The van der Waals surface area contributed by atoms with Gasteiger partial charge in [-0.3, -0.25) is 4.79 Å². The van der Waals surface area contributed by atoms with Crippen molar-refractivity contribution in [1.29, 1.82) is 0 Å². The van der Waals surface area contributed by atoms with Gasteiger partial charge in [0.05, 0.1) is 6.04 Å². The summed E-state index contributed by atoms with van der Waals surface area (Å²) in [7, 11) is 3.00. The van der Waals surface area contributed by atoms with Crippen molar-refractivity contribution in [1.82, 2.24) is 4.90 Å². The van der Waals surface area contributed by atoms with Crippen molar-refractivity contribution in [3.63, 3.8) is 0 Å². The molecule has 8 heteroatoms. The predicted molar refractivity (Wildman–Crippen MR) is 120 cm³/mol. The first kappa shape index (κ1) is 24.4. The van der Waals surface area contributed by atoms with Gasteiger partial charge < -0.3 is 14.2 Å². The molecule has 0 aliphatic carbocycles. The fourth-order valence-corrected chi connectivity index (χ4v) is 4.46. The molecule has 2 amide bonds. The van der Waals surface area contributed by atoms with E-state index in [9.17, 15) is 14.0 Å². The molecule has 32 heavy (non-hydrogen) atoms. The second-order valence-electron chi connectivity index (χ2n) is 7.71. The molecule has 172 valence electrons. The molecule has 0 spiro atoms. The number of halogens is 2. The standard InChI is InChI=1S/C24H27BrFNO5/c1-30-24(31-2,18-13-19(25)15-20(26)14-18)11-7-6-10-22(28)27-21(16-32-23(27)29)12-17-8-4-3-5-9-17/h3-5,8-9,13-15,21H,6-7,10-12,16H2,1-2H3/t21-/m1/s1. The number of methoxy groups -OCH3 is 2. The van der Waals surface area contributed by atoms with Crippen LogP contribution in [0.2, 0.25) is 0 Å². The third kappa shape index (κ3) is 5.74. The summed E-state index contributed by atoms with van der Waals surface area (Å²) in [6.07, 6.45) is 1.67. The van der Waals surface area contributed by atoms with Crippen LogP contribution in [-0.4, -0.2) is 43.8 Å². The second kappa shape index (κ2) is 11.0. The van der Waals surface area contributed by atoms with Crippen molar-refractivity contribution in [2.75, 3.05) is 20.8 Å². The Kier molecular flexibility index (Phi) is 8.39. The summed E-state index contributed by atoms with van der Waals surface area (Å²) in [4.78, 5) is 26.2. The highest BCUT2D eigenvalue weighted by molar-refractivity contribution is 9.10. The Morgan fingerprint density at radius 3 is 2.56 bits per heavy atom. The van der Waals surface area contributed by atoms with Crippen LogP contribution in [0.4, 0.5) is 9.18 Å². The first-order valence-corrected chi connectivity index (χ1v) is 11.3. The molecule has 0 N–H and O–H groups in total. The third-order valence-electron chi connectivity index (χ3n) is 5.65. The van der Waals surface area contributed by atoms with E-state index in [1.54, 1.807) is 6.07 Å². The van der Waals surface area contributed by atoms with Gasteiger partial charge in [-0.1, -0.05) is 46.3 Å². The summed E-state index contributed by atoms with van der Waals surface area (Å²) in [6.45, 7) is 0.199. The molecule has 0 aromatic heterocycles. The Balaban J connectivity index is 1.58. The molecule has 1 aliphatic rings. The molecule has 1 saturated heterocycles. The second-order valence-corrected chi connectivity index (χ2v) is 8.63. The summed E-state index contributed by atoms with van der Waals surface area (Å²) >= 11 is 3.29.